The van der Waals surface area contributed by atoms with Gasteiger partial charge in [0.2, 0.25) is 0 Å². The summed E-state index contributed by atoms with van der Waals surface area (Å²) in [5.74, 6) is 0. The quantitative estimate of drug-likeness (QED) is 0.703. The summed E-state index contributed by atoms with van der Waals surface area (Å²) in [4.78, 5) is 10.4. The van der Waals surface area contributed by atoms with Gasteiger partial charge >= 0.3 is 0 Å². The van der Waals surface area contributed by atoms with Gasteiger partial charge in [-0.1, -0.05) is 22.9 Å². The van der Waals surface area contributed by atoms with Crippen LogP contribution < -0.4 is 0 Å². The number of nitrogens with zero attached hydrogens (tertiary/aromatic N) is 3. The third-order valence-electron chi connectivity index (χ3n) is 2.19. The smallest absolute Gasteiger partial charge is 0.126 e. The van der Waals surface area contributed by atoms with Crippen molar-refractivity contribution in [3.05, 3.63) is 41.7 Å². The number of carbonyl (C=O) groups is 1. The fourth-order valence-electron chi connectivity index (χ4n) is 1.38. The van der Waals surface area contributed by atoms with Crippen molar-refractivity contribution in [3.63, 3.8) is 0 Å². The highest BCUT2D eigenvalue weighted by Gasteiger charge is 2.04. The van der Waals surface area contributed by atoms with Crippen molar-refractivity contribution in [2.75, 3.05) is 0 Å². The molecule has 2 rings (SSSR count). The van der Waals surface area contributed by atoms with E-state index >= 15 is 0 Å². The van der Waals surface area contributed by atoms with Gasteiger partial charge in [-0.05, 0) is 19.1 Å². The van der Waals surface area contributed by atoms with Crippen molar-refractivity contribution in [2.24, 2.45) is 0 Å². The molecule has 0 spiro atoms. The van der Waals surface area contributed by atoms with Gasteiger partial charge in [0, 0.05) is 6.42 Å². The Labute approximate surface area is 87.5 Å². The summed E-state index contributed by atoms with van der Waals surface area (Å²) < 4.78 is 1.67. The molecule has 0 radical (unpaired) electrons. The molecule has 4 heteroatoms. The summed E-state index contributed by atoms with van der Waals surface area (Å²) in [5, 5.41) is 7.74. The second-order valence-electron chi connectivity index (χ2n) is 3.34. The van der Waals surface area contributed by atoms with E-state index in [4.69, 9.17) is 0 Å². The molecule has 15 heavy (non-hydrogen) atoms. The Hall–Kier alpha value is -1.97. The van der Waals surface area contributed by atoms with Gasteiger partial charge in [-0.25, -0.2) is 4.68 Å². The highest BCUT2D eigenvalue weighted by molar-refractivity contribution is 5.54. The lowest BCUT2D eigenvalue weighted by atomic mass is 10.2. The van der Waals surface area contributed by atoms with Crippen molar-refractivity contribution >= 4 is 6.29 Å². The number of aromatic nitrogens is 3. The molecular formula is C11H11N3O. The van der Waals surface area contributed by atoms with Crippen LogP contribution in [-0.4, -0.2) is 21.3 Å². The monoisotopic (exact) mass is 201 g/mol. The number of benzene rings is 1. The third-order valence-corrected chi connectivity index (χ3v) is 2.19. The van der Waals surface area contributed by atoms with E-state index in [1.54, 1.807) is 10.9 Å². The molecule has 0 unspecified atom stereocenters. The molecule has 0 atom stereocenters. The lowest BCUT2D eigenvalue weighted by molar-refractivity contribution is -0.107. The van der Waals surface area contributed by atoms with E-state index in [2.05, 4.69) is 10.3 Å². The molecule has 0 aliphatic carbocycles. The van der Waals surface area contributed by atoms with Gasteiger partial charge in [-0.2, -0.15) is 0 Å². The van der Waals surface area contributed by atoms with E-state index in [0.29, 0.717) is 6.42 Å². The van der Waals surface area contributed by atoms with Crippen molar-refractivity contribution < 1.29 is 4.79 Å². The number of carbonyl (C=O) groups excluding carboxylic acids is 1. The molecule has 0 saturated heterocycles. The normalized spacial score (nSPS) is 10.2. The second kappa shape index (κ2) is 4.04. The fourth-order valence-corrected chi connectivity index (χ4v) is 1.38. The molecular weight excluding hydrogens is 190 g/mol. The molecule has 2 aromatic rings. The Bertz CT molecular complexity index is 459. The van der Waals surface area contributed by atoms with Gasteiger partial charge in [-0.15, -0.1) is 5.10 Å². The molecule has 1 aromatic carbocycles. The van der Waals surface area contributed by atoms with Crippen LogP contribution in [0.1, 0.15) is 11.3 Å². The maximum Gasteiger partial charge on any atom is 0.126 e. The van der Waals surface area contributed by atoms with Crippen LogP contribution in [-0.2, 0) is 11.2 Å². The van der Waals surface area contributed by atoms with E-state index in [1.165, 1.54) is 5.56 Å². The average Bonchev–Trinajstić information content (AvgIpc) is 2.68. The van der Waals surface area contributed by atoms with Crippen LogP contribution in [0.3, 0.4) is 0 Å². The summed E-state index contributed by atoms with van der Waals surface area (Å²) in [5.41, 5.74) is 2.92. The highest BCUT2D eigenvalue weighted by Crippen LogP contribution is 2.10. The summed E-state index contributed by atoms with van der Waals surface area (Å²) in [6, 6.07) is 7.92. The zero-order chi connectivity index (χ0) is 10.7. The molecule has 1 heterocycles. The fraction of sp³-hybridized carbons (Fsp3) is 0.182. The zero-order valence-corrected chi connectivity index (χ0v) is 8.42. The Morgan fingerprint density at radius 3 is 2.73 bits per heavy atom. The maximum absolute atomic E-state index is 10.4. The van der Waals surface area contributed by atoms with Gasteiger partial charge in [0.15, 0.2) is 0 Å². The number of rotatable bonds is 3. The van der Waals surface area contributed by atoms with Gasteiger partial charge < -0.3 is 4.79 Å². The van der Waals surface area contributed by atoms with Crippen LogP contribution in [0.5, 0.6) is 0 Å². The van der Waals surface area contributed by atoms with Gasteiger partial charge in [0.05, 0.1) is 17.6 Å². The molecule has 0 saturated carbocycles. The van der Waals surface area contributed by atoms with E-state index in [0.717, 1.165) is 17.7 Å². The van der Waals surface area contributed by atoms with Crippen molar-refractivity contribution in [1.29, 1.82) is 0 Å². The summed E-state index contributed by atoms with van der Waals surface area (Å²) in [6.45, 7) is 2.03. The third kappa shape index (κ3) is 1.93. The van der Waals surface area contributed by atoms with Crippen LogP contribution in [0, 0.1) is 6.92 Å². The minimum absolute atomic E-state index is 0.334. The molecule has 4 nitrogen and oxygen atoms in total. The molecule has 0 amide bonds. The van der Waals surface area contributed by atoms with Crippen LogP contribution in [0.25, 0.3) is 5.69 Å². The van der Waals surface area contributed by atoms with Gasteiger partial charge in [0.25, 0.3) is 0 Å². The Balaban J connectivity index is 2.40. The van der Waals surface area contributed by atoms with E-state index < -0.39 is 0 Å². The second-order valence-corrected chi connectivity index (χ2v) is 3.34. The molecule has 0 fully saturated rings. The predicted molar refractivity (Wildman–Crippen MR) is 55.9 cm³/mol. The average molecular weight is 201 g/mol. The Morgan fingerprint density at radius 2 is 2.07 bits per heavy atom. The SMILES string of the molecule is Cc1ccc(-n2nncc2CC=O)cc1. The van der Waals surface area contributed by atoms with Gasteiger partial charge in [0.1, 0.15) is 6.29 Å². The Kier molecular flexibility index (Phi) is 2.58. The first kappa shape index (κ1) is 9.58. The first-order chi connectivity index (χ1) is 7.31. The molecule has 0 aliphatic rings. The number of hydrogen-bond acceptors (Lipinski definition) is 3. The lowest BCUT2D eigenvalue weighted by Gasteiger charge is -2.03. The predicted octanol–water partition coefficient (Wildman–Crippen LogP) is 1.32. The van der Waals surface area contributed by atoms with Crippen molar-refractivity contribution in [1.82, 2.24) is 15.0 Å². The van der Waals surface area contributed by atoms with Crippen molar-refractivity contribution in [3.8, 4) is 5.69 Å². The summed E-state index contributed by atoms with van der Waals surface area (Å²) in [6.07, 6.45) is 2.79. The minimum Gasteiger partial charge on any atom is -0.303 e. The molecule has 0 aliphatic heterocycles. The first-order valence-corrected chi connectivity index (χ1v) is 4.71. The maximum atomic E-state index is 10.4. The first-order valence-electron chi connectivity index (χ1n) is 4.71. The van der Waals surface area contributed by atoms with E-state index in [-0.39, 0.29) is 0 Å². The number of hydrogen-bond donors (Lipinski definition) is 0. The molecule has 1 aromatic heterocycles. The standard InChI is InChI=1S/C11H11N3O/c1-9-2-4-10(5-3-9)14-11(6-7-15)8-12-13-14/h2-5,7-8H,6H2,1H3. The summed E-state index contributed by atoms with van der Waals surface area (Å²) >= 11 is 0. The van der Waals surface area contributed by atoms with Gasteiger partial charge in [-0.3, -0.25) is 0 Å². The van der Waals surface area contributed by atoms with E-state index in [9.17, 15) is 4.79 Å². The van der Waals surface area contributed by atoms with E-state index in [1.807, 2.05) is 31.2 Å². The van der Waals surface area contributed by atoms with Crippen LogP contribution >= 0.6 is 0 Å². The van der Waals surface area contributed by atoms with Crippen LogP contribution in [0.4, 0.5) is 0 Å². The number of aryl methyl sites for hydroxylation is 1. The lowest BCUT2D eigenvalue weighted by Crippen LogP contribution is -2.02. The summed E-state index contributed by atoms with van der Waals surface area (Å²) in [7, 11) is 0. The molecule has 76 valence electrons. The highest BCUT2D eigenvalue weighted by atomic mass is 16.1. The van der Waals surface area contributed by atoms with Crippen LogP contribution in [0.15, 0.2) is 30.5 Å². The molecule has 0 bridgehead atoms. The topological polar surface area (TPSA) is 47.8 Å². The largest absolute Gasteiger partial charge is 0.303 e. The van der Waals surface area contributed by atoms with Crippen molar-refractivity contribution in [2.45, 2.75) is 13.3 Å². The minimum atomic E-state index is 0.334. The molecule has 0 N–H and O–H groups in total. The zero-order valence-electron chi connectivity index (χ0n) is 8.42. The Morgan fingerprint density at radius 1 is 1.33 bits per heavy atom. The number of aldehydes is 1. The van der Waals surface area contributed by atoms with Crippen LogP contribution in [0.2, 0.25) is 0 Å².